The minimum atomic E-state index is -0.761. The summed E-state index contributed by atoms with van der Waals surface area (Å²) in [6.07, 6.45) is 45.2. The van der Waals surface area contributed by atoms with Crippen LogP contribution in [0.25, 0.3) is 0 Å². The molecule has 6 nitrogen and oxygen atoms in total. The summed E-state index contributed by atoms with van der Waals surface area (Å²) in [6.45, 7) is 11.3. The van der Waals surface area contributed by atoms with Gasteiger partial charge in [0.2, 0.25) is 0 Å². The number of carbonyl (C=O) groups is 3. The van der Waals surface area contributed by atoms with Crippen molar-refractivity contribution in [2.75, 3.05) is 13.2 Å². The second-order valence-corrected chi connectivity index (χ2v) is 18.5. The molecule has 0 amide bonds. The average molecular weight is 821 g/mol. The fourth-order valence-corrected chi connectivity index (χ4v) is 7.78. The van der Waals surface area contributed by atoms with Crippen LogP contribution in [0.5, 0.6) is 0 Å². The van der Waals surface area contributed by atoms with E-state index in [1.807, 2.05) is 0 Å². The predicted molar refractivity (Wildman–Crippen MR) is 247 cm³/mol. The molecular weight excluding hydrogens is 721 g/mol. The largest absolute Gasteiger partial charge is 0.462 e. The van der Waals surface area contributed by atoms with Crippen LogP contribution < -0.4 is 0 Å². The monoisotopic (exact) mass is 821 g/mol. The first kappa shape index (κ1) is 56.4. The van der Waals surface area contributed by atoms with Crippen molar-refractivity contribution >= 4 is 17.9 Å². The van der Waals surface area contributed by atoms with Crippen LogP contribution in [0.2, 0.25) is 0 Å². The number of carbonyl (C=O) groups excluding carboxylic acids is 3. The molecule has 1 unspecified atom stereocenters. The zero-order valence-corrected chi connectivity index (χ0v) is 39.7. The van der Waals surface area contributed by atoms with Gasteiger partial charge in [-0.15, -0.1) is 0 Å². The van der Waals surface area contributed by atoms with Gasteiger partial charge in [-0.05, 0) is 31.1 Å². The fourth-order valence-electron chi connectivity index (χ4n) is 7.78. The van der Waals surface area contributed by atoms with Crippen LogP contribution in [0.1, 0.15) is 285 Å². The Morgan fingerprint density at radius 1 is 0.362 bits per heavy atom. The lowest BCUT2D eigenvalue weighted by Crippen LogP contribution is -2.30. The highest BCUT2D eigenvalue weighted by Gasteiger charge is 2.19. The predicted octanol–water partition coefficient (Wildman–Crippen LogP) is 16.5. The number of rotatable bonds is 46. The zero-order valence-electron chi connectivity index (χ0n) is 39.7. The maximum Gasteiger partial charge on any atom is 0.306 e. The lowest BCUT2D eigenvalue weighted by molar-refractivity contribution is -0.167. The smallest absolute Gasteiger partial charge is 0.306 e. The van der Waals surface area contributed by atoms with Crippen LogP contribution in [0.4, 0.5) is 0 Å². The molecule has 0 saturated carbocycles. The summed E-state index contributed by atoms with van der Waals surface area (Å²) in [7, 11) is 0. The standard InChI is InChI=1S/C52H100O6/c1-6-8-9-10-11-12-13-16-20-23-26-32-37-42-50(53)56-45-49(46-57-51(54)43-38-33-29-28-30-35-40-47(3)4)58-52(55)44-39-34-27-24-21-18-15-14-17-19-22-25-31-36-41-48(5)7-2/h47-49H,6-46H2,1-5H3/t48?,49-/m0/s1. The summed E-state index contributed by atoms with van der Waals surface area (Å²) >= 11 is 0. The quantitative estimate of drug-likeness (QED) is 0.0346. The molecule has 0 N–H and O–H groups in total. The van der Waals surface area contributed by atoms with E-state index >= 15 is 0 Å². The van der Waals surface area contributed by atoms with Gasteiger partial charge < -0.3 is 14.2 Å². The van der Waals surface area contributed by atoms with Crippen molar-refractivity contribution in [3.8, 4) is 0 Å². The van der Waals surface area contributed by atoms with E-state index in [1.165, 1.54) is 173 Å². The van der Waals surface area contributed by atoms with Crippen molar-refractivity contribution in [2.24, 2.45) is 11.8 Å². The summed E-state index contributed by atoms with van der Waals surface area (Å²) in [5.74, 6) is 0.805. The van der Waals surface area contributed by atoms with E-state index in [0.29, 0.717) is 19.3 Å². The van der Waals surface area contributed by atoms with Crippen LogP contribution in [-0.2, 0) is 28.6 Å². The molecule has 344 valence electrons. The third-order valence-corrected chi connectivity index (χ3v) is 12.1. The first-order valence-corrected chi connectivity index (χ1v) is 25.8. The number of hydrogen-bond donors (Lipinski definition) is 0. The van der Waals surface area contributed by atoms with Crippen molar-refractivity contribution in [1.82, 2.24) is 0 Å². The highest BCUT2D eigenvalue weighted by atomic mass is 16.6. The van der Waals surface area contributed by atoms with Gasteiger partial charge in [0.1, 0.15) is 13.2 Å². The van der Waals surface area contributed by atoms with E-state index < -0.39 is 6.10 Å². The maximum absolute atomic E-state index is 12.8. The zero-order chi connectivity index (χ0) is 42.6. The topological polar surface area (TPSA) is 78.9 Å². The Morgan fingerprint density at radius 2 is 0.655 bits per heavy atom. The van der Waals surface area contributed by atoms with Gasteiger partial charge in [0.05, 0.1) is 0 Å². The Labute approximate surface area is 361 Å². The van der Waals surface area contributed by atoms with Crippen molar-refractivity contribution in [1.29, 1.82) is 0 Å². The van der Waals surface area contributed by atoms with Crippen molar-refractivity contribution in [3.63, 3.8) is 0 Å². The molecule has 0 spiro atoms. The molecular formula is C52H100O6. The first-order chi connectivity index (χ1) is 28.3. The normalized spacial score (nSPS) is 12.5. The molecule has 6 heteroatoms. The van der Waals surface area contributed by atoms with Crippen LogP contribution in [0.3, 0.4) is 0 Å². The Bertz CT molecular complexity index is 887. The lowest BCUT2D eigenvalue weighted by Gasteiger charge is -2.18. The van der Waals surface area contributed by atoms with Crippen LogP contribution in [0.15, 0.2) is 0 Å². The van der Waals surface area contributed by atoms with Crippen molar-refractivity contribution in [2.45, 2.75) is 291 Å². The molecule has 0 aliphatic rings. The highest BCUT2D eigenvalue weighted by molar-refractivity contribution is 5.71. The summed E-state index contributed by atoms with van der Waals surface area (Å²) in [6, 6.07) is 0. The average Bonchev–Trinajstić information content (AvgIpc) is 3.21. The van der Waals surface area contributed by atoms with Crippen LogP contribution in [0, 0.1) is 11.8 Å². The van der Waals surface area contributed by atoms with Crippen molar-refractivity contribution in [3.05, 3.63) is 0 Å². The van der Waals surface area contributed by atoms with Gasteiger partial charge in [0, 0.05) is 19.3 Å². The van der Waals surface area contributed by atoms with Gasteiger partial charge in [-0.25, -0.2) is 0 Å². The van der Waals surface area contributed by atoms with E-state index in [4.69, 9.17) is 14.2 Å². The third-order valence-electron chi connectivity index (χ3n) is 12.1. The van der Waals surface area contributed by atoms with E-state index in [0.717, 1.165) is 69.6 Å². The lowest BCUT2D eigenvalue weighted by atomic mass is 9.99. The molecule has 0 aromatic rings. The summed E-state index contributed by atoms with van der Waals surface area (Å²) in [5.41, 5.74) is 0. The van der Waals surface area contributed by atoms with E-state index in [1.54, 1.807) is 0 Å². The number of hydrogen-bond acceptors (Lipinski definition) is 6. The molecule has 0 rings (SSSR count). The van der Waals surface area contributed by atoms with Gasteiger partial charge in [-0.1, -0.05) is 247 Å². The maximum atomic E-state index is 12.8. The molecule has 0 aliphatic heterocycles. The van der Waals surface area contributed by atoms with Crippen molar-refractivity contribution < 1.29 is 28.6 Å². The van der Waals surface area contributed by atoms with Gasteiger partial charge in [-0.2, -0.15) is 0 Å². The molecule has 0 aromatic heterocycles. The second kappa shape index (κ2) is 44.9. The summed E-state index contributed by atoms with van der Waals surface area (Å²) in [4.78, 5) is 37.9. The fraction of sp³-hybridized carbons (Fsp3) is 0.942. The molecule has 0 bridgehead atoms. The molecule has 2 atom stereocenters. The van der Waals surface area contributed by atoms with E-state index in [9.17, 15) is 14.4 Å². The third kappa shape index (κ3) is 44.0. The van der Waals surface area contributed by atoms with Gasteiger partial charge >= 0.3 is 17.9 Å². The Kier molecular flexibility index (Phi) is 43.7. The summed E-state index contributed by atoms with van der Waals surface area (Å²) < 4.78 is 16.8. The SMILES string of the molecule is CCCCCCCCCCCCCCCC(=O)OC[C@@H](COC(=O)CCCCCCCCC(C)C)OC(=O)CCCCCCCCCCCCCCCCC(C)CC. The Hall–Kier alpha value is -1.59. The van der Waals surface area contributed by atoms with E-state index in [-0.39, 0.29) is 31.1 Å². The molecule has 0 heterocycles. The number of esters is 3. The highest BCUT2D eigenvalue weighted by Crippen LogP contribution is 2.18. The molecule has 58 heavy (non-hydrogen) atoms. The van der Waals surface area contributed by atoms with Crippen LogP contribution in [-0.4, -0.2) is 37.2 Å². The minimum Gasteiger partial charge on any atom is -0.462 e. The van der Waals surface area contributed by atoms with Gasteiger partial charge in [0.25, 0.3) is 0 Å². The second-order valence-electron chi connectivity index (χ2n) is 18.5. The minimum absolute atomic E-state index is 0.0644. The molecule has 0 saturated heterocycles. The van der Waals surface area contributed by atoms with Gasteiger partial charge in [-0.3, -0.25) is 14.4 Å². The number of ether oxygens (including phenoxy) is 3. The summed E-state index contributed by atoms with van der Waals surface area (Å²) in [5, 5.41) is 0. The Balaban J connectivity index is 4.26. The first-order valence-electron chi connectivity index (χ1n) is 25.8. The van der Waals surface area contributed by atoms with Crippen LogP contribution >= 0.6 is 0 Å². The molecule has 0 fully saturated rings. The molecule has 0 aliphatic carbocycles. The molecule has 0 aromatic carbocycles. The van der Waals surface area contributed by atoms with Gasteiger partial charge in [0.15, 0.2) is 6.10 Å². The molecule has 0 radical (unpaired) electrons. The van der Waals surface area contributed by atoms with E-state index in [2.05, 4.69) is 34.6 Å². The Morgan fingerprint density at radius 3 is 0.983 bits per heavy atom. The number of unbranched alkanes of at least 4 members (excludes halogenated alkanes) is 30.